The second kappa shape index (κ2) is 7.15. The highest BCUT2D eigenvalue weighted by Crippen LogP contribution is 2.35. The second-order valence-corrected chi connectivity index (χ2v) is 5.25. The van der Waals surface area contributed by atoms with Gasteiger partial charge in [0.25, 0.3) is 0 Å². The van der Waals surface area contributed by atoms with Crippen LogP contribution in [0.3, 0.4) is 0 Å². The lowest BCUT2D eigenvalue weighted by Crippen LogP contribution is -2.35. The first-order valence-electron chi connectivity index (χ1n) is 5.97. The predicted molar refractivity (Wildman–Crippen MR) is 78.3 cm³/mol. The van der Waals surface area contributed by atoms with Crippen molar-refractivity contribution in [2.24, 2.45) is 5.73 Å². The quantitative estimate of drug-likeness (QED) is 0.754. The van der Waals surface area contributed by atoms with E-state index in [4.69, 9.17) is 34.0 Å². The van der Waals surface area contributed by atoms with E-state index >= 15 is 0 Å². The molecular weight excluding hydrogens is 269 g/mol. The number of allylic oxidation sites excluding steroid dienone is 1. The van der Waals surface area contributed by atoms with E-state index in [1.165, 1.54) is 0 Å². The number of aliphatic hydroxyl groups is 1. The molecule has 2 nitrogen and oxygen atoms in total. The normalized spacial score (nSPS) is 14.2. The van der Waals surface area contributed by atoms with Crippen molar-refractivity contribution in [3.63, 3.8) is 0 Å². The first-order chi connectivity index (χ1) is 8.59. The molecule has 0 radical (unpaired) electrons. The van der Waals surface area contributed by atoms with Gasteiger partial charge >= 0.3 is 0 Å². The highest BCUT2D eigenvalue weighted by molar-refractivity contribution is 6.42. The SMILES string of the molecule is C=CC[C@@](CN)(CCCO)c1ccc(Cl)c(Cl)c1. The highest BCUT2D eigenvalue weighted by Gasteiger charge is 2.29. The summed E-state index contributed by atoms with van der Waals surface area (Å²) in [4.78, 5) is 0. The molecule has 0 unspecified atom stereocenters. The number of hydrogen-bond acceptors (Lipinski definition) is 2. The summed E-state index contributed by atoms with van der Waals surface area (Å²) >= 11 is 12.0. The summed E-state index contributed by atoms with van der Waals surface area (Å²) in [5.74, 6) is 0. The van der Waals surface area contributed by atoms with Crippen molar-refractivity contribution in [1.82, 2.24) is 0 Å². The summed E-state index contributed by atoms with van der Waals surface area (Å²) in [7, 11) is 0. The number of rotatable bonds is 7. The molecule has 0 aliphatic rings. The average molecular weight is 288 g/mol. The molecule has 0 saturated heterocycles. The lowest BCUT2D eigenvalue weighted by Gasteiger charge is -2.32. The topological polar surface area (TPSA) is 46.2 Å². The molecular formula is C14H19Cl2NO. The molecule has 1 aromatic carbocycles. The number of hydrogen-bond donors (Lipinski definition) is 2. The van der Waals surface area contributed by atoms with Crippen LogP contribution in [0.5, 0.6) is 0 Å². The Morgan fingerprint density at radius 3 is 2.56 bits per heavy atom. The summed E-state index contributed by atoms with van der Waals surface area (Å²) in [6.45, 7) is 4.43. The van der Waals surface area contributed by atoms with Gasteiger partial charge in [-0.25, -0.2) is 0 Å². The maximum absolute atomic E-state index is 9.03. The third-order valence-electron chi connectivity index (χ3n) is 3.27. The van der Waals surface area contributed by atoms with Crippen molar-refractivity contribution in [2.75, 3.05) is 13.2 Å². The number of aliphatic hydroxyl groups excluding tert-OH is 1. The molecule has 1 aromatic rings. The van der Waals surface area contributed by atoms with Crippen LogP contribution in [-0.4, -0.2) is 18.3 Å². The fourth-order valence-electron chi connectivity index (χ4n) is 2.19. The van der Waals surface area contributed by atoms with Gasteiger partial charge in [0.05, 0.1) is 10.0 Å². The fourth-order valence-corrected chi connectivity index (χ4v) is 2.49. The van der Waals surface area contributed by atoms with Crippen LogP contribution in [0.2, 0.25) is 10.0 Å². The van der Waals surface area contributed by atoms with E-state index in [9.17, 15) is 0 Å². The van der Waals surface area contributed by atoms with Gasteiger partial charge in [-0.05, 0) is 37.0 Å². The van der Waals surface area contributed by atoms with Crippen LogP contribution in [0.4, 0.5) is 0 Å². The van der Waals surface area contributed by atoms with Crippen LogP contribution in [0.25, 0.3) is 0 Å². The van der Waals surface area contributed by atoms with Crippen molar-refractivity contribution in [3.05, 3.63) is 46.5 Å². The standard InChI is InChI=1S/C14H19Cl2NO/c1-2-6-14(10-17,7-3-8-18)11-4-5-12(15)13(16)9-11/h2,4-5,9,18H,1,3,6-8,10,17H2/t14-/m0/s1. The highest BCUT2D eigenvalue weighted by atomic mass is 35.5. The lowest BCUT2D eigenvalue weighted by molar-refractivity contribution is 0.261. The van der Waals surface area contributed by atoms with E-state index in [1.807, 2.05) is 18.2 Å². The molecule has 4 heteroatoms. The van der Waals surface area contributed by atoms with Crippen molar-refractivity contribution < 1.29 is 5.11 Å². The zero-order chi connectivity index (χ0) is 13.6. The largest absolute Gasteiger partial charge is 0.396 e. The van der Waals surface area contributed by atoms with E-state index in [2.05, 4.69) is 6.58 Å². The predicted octanol–water partition coefficient (Wildman–Crippen LogP) is 3.54. The van der Waals surface area contributed by atoms with Gasteiger partial charge < -0.3 is 10.8 Å². The number of nitrogens with two attached hydrogens (primary N) is 1. The molecule has 1 atom stereocenters. The average Bonchev–Trinajstić information content (AvgIpc) is 2.38. The van der Waals surface area contributed by atoms with Gasteiger partial charge in [-0.1, -0.05) is 35.3 Å². The smallest absolute Gasteiger partial charge is 0.0595 e. The van der Waals surface area contributed by atoms with Crippen LogP contribution in [0.15, 0.2) is 30.9 Å². The fraction of sp³-hybridized carbons (Fsp3) is 0.429. The van der Waals surface area contributed by atoms with Crippen molar-refractivity contribution in [3.8, 4) is 0 Å². The Morgan fingerprint density at radius 1 is 1.33 bits per heavy atom. The van der Waals surface area contributed by atoms with Crippen molar-refractivity contribution >= 4 is 23.2 Å². The summed E-state index contributed by atoms with van der Waals surface area (Å²) < 4.78 is 0. The zero-order valence-electron chi connectivity index (χ0n) is 10.3. The van der Waals surface area contributed by atoms with Gasteiger partial charge in [-0.2, -0.15) is 0 Å². The Morgan fingerprint density at radius 2 is 2.06 bits per heavy atom. The van der Waals surface area contributed by atoms with Crippen molar-refractivity contribution in [1.29, 1.82) is 0 Å². The molecule has 0 aliphatic carbocycles. The molecule has 100 valence electrons. The summed E-state index contributed by atoms with van der Waals surface area (Å²) in [6, 6.07) is 5.59. The molecule has 0 bridgehead atoms. The third-order valence-corrected chi connectivity index (χ3v) is 4.01. The van der Waals surface area contributed by atoms with E-state index in [0.717, 1.165) is 18.4 Å². The Hall–Kier alpha value is -0.540. The molecule has 18 heavy (non-hydrogen) atoms. The first kappa shape index (κ1) is 15.5. The molecule has 0 aromatic heterocycles. The number of benzene rings is 1. The minimum atomic E-state index is -0.224. The lowest BCUT2D eigenvalue weighted by atomic mass is 9.74. The molecule has 0 aliphatic heterocycles. The molecule has 0 fully saturated rings. The van der Waals surface area contributed by atoms with Crippen LogP contribution in [0.1, 0.15) is 24.8 Å². The van der Waals surface area contributed by atoms with Crippen LogP contribution >= 0.6 is 23.2 Å². The van der Waals surface area contributed by atoms with Gasteiger partial charge in [0.15, 0.2) is 0 Å². The van der Waals surface area contributed by atoms with Crippen LogP contribution in [-0.2, 0) is 5.41 Å². The van der Waals surface area contributed by atoms with E-state index in [0.29, 0.717) is 23.0 Å². The molecule has 0 heterocycles. The monoisotopic (exact) mass is 287 g/mol. The van der Waals surface area contributed by atoms with E-state index in [-0.39, 0.29) is 12.0 Å². The Kier molecular flexibility index (Phi) is 6.16. The minimum absolute atomic E-state index is 0.153. The zero-order valence-corrected chi connectivity index (χ0v) is 11.8. The number of halogens is 2. The van der Waals surface area contributed by atoms with Crippen LogP contribution < -0.4 is 5.73 Å². The third kappa shape index (κ3) is 3.48. The van der Waals surface area contributed by atoms with Gasteiger partial charge in [0.1, 0.15) is 0 Å². The van der Waals surface area contributed by atoms with Crippen molar-refractivity contribution in [2.45, 2.75) is 24.7 Å². The first-order valence-corrected chi connectivity index (χ1v) is 6.72. The molecule has 0 amide bonds. The molecule has 0 saturated carbocycles. The summed E-state index contributed by atoms with van der Waals surface area (Å²) in [5.41, 5.74) is 6.77. The van der Waals surface area contributed by atoms with Gasteiger partial charge in [-0.3, -0.25) is 0 Å². The molecule has 3 N–H and O–H groups in total. The second-order valence-electron chi connectivity index (χ2n) is 4.43. The molecule has 1 rings (SSSR count). The Bertz CT molecular complexity index is 409. The maximum atomic E-state index is 9.03. The van der Waals surface area contributed by atoms with E-state index in [1.54, 1.807) is 6.07 Å². The Balaban J connectivity index is 3.13. The van der Waals surface area contributed by atoms with Gasteiger partial charge in [0.2, 0.25) is 0 Å². The summed E-state index contributed by atoms with van der Waals surface area (Å²) in [5, 5.41) is 10.1. The maximum Gasteiger partial charge on any atom is 0.0595 e. The van der Waals surface area contributed by atoms with Gasteiger partial charge in [0, 0.05) is 18.6 Å². The van der Waals surface area contributed by atoms with Crippen LogP contribution in [0, 0.1) is 0 Å². The summed E-state index contributed by atoms with van der Waals surface area (Å²) in [6.07, 6.45) is 4.10. The van der Waals surface area contributed by atoms with E-state index < -0.39 is 0 Å². The van der Waals surface area contributed by atoms with Gasteiger partial charge in [-0.15, -0.1) is 6.58 Å². The molecule has 0 spiro atoms. The Labute approximate surface area is 118 Å². The minimum Gasteiger partial charge on any atom is -0.396 e.